The largest absolute Gasteiger partial charge is 0.385 e. The molecule has 1 atom stereocenters. The molecule has 1 aliphatic heterocycles. The second kappa shape index (κ2) is 11.9. The van der Waals surface area contributed by atoms with Gasteiger partial charge in [0.2, 0.25) is 0 Å². The van der Waals surface area contributed by atoms with Crippen molar-refractivity contribution in [3.8, 4) is 0 Å². The van der Waals surface area contributed by atoms with Gasteiger partial charge in [0.25, 0.3) is 0 Å². The highest BCUT2D eigenvalue weighted by Crippen LogP contribution is 2.19. The van der Waals surface area contributed by atoms with E-state index >= 15 is 0 Å². The molecule has 1 unspecified atom stereocenters. The van der Waals surface area contributed by atoms with E-state index in [2.05, 4.69) is 52.5 Å². The predicted octanol–water partition coefficient (Wildman–Crippen LogP) is 3.27. The van der Waals surface area contributed by atoms with Gasteiger partial charge in [0, 0.05) is 52.9 Å². The van der Waals surface area contributed by atoms with E-state index in [1.807, 2.05) is 7.05 Å². The Balaban J connectivity index is 1.75. The van der Waals surface area contributed by atoms with Crippen molar-refractivity contribution in [1.29, 1.82) is 0 Å². The third-order valence-corrected chi connectivity index (χ3v) is 5.07. The van der Waals surface area contributed by atoms with Gasteiger partial charge in [-0.2, -0.15) is 0 Å². The molecule has 5 nitrogen and oxygen atoms in total. The number of nitrogens with one attached hydrogen (secondary N) is 1. The van der Waals surface area contributed by atoms with E-state index in [-0.39, 0.29) is 0 Å². The zero-order chi connectivity index (χ0) is 18.6. The number of methoxy groups -OCH3 is 1. The predicted molar refractivity (Wildman–Crippen MR) is 108 cm³/mol. The van der Waals surface area contributed by atoms with Crippen LogP contribution in [0.3, 0.4) is 0 Å². The summed E-state index contributed by atoms with van der Waals surface area (Å²) in [7, 11) is 3.61. The lowest BCUT2D eigenvalue weighted by Crippen LogP contribution is -2.47. The topological polar surface area (TPSA) is 46.1 Å². The van der Waals surface area contributed by atoms with Gasteiger partial charge in [-0.15, -0.1) is 0 Å². The van der Waals surface area contributed by atoms with E-state index in [0.29, 0.717) is 12.0 Å². The first-order valence-electron chi connectivity index (χ1n) is 9.89. The molecule has 26 heavy (non-hydrogen) atoms. The summed E-state index contributed by atoms with van der Waals surface area (Å²) in [6.45, 7) is 6.72. The SMILES string of the molecule is CCC(CNC(=NC)N1CCC(OCCCOC)CC1)c1ccccc1. The Morgan fingerprint density at radius 3 is 2.58 bits per heavy atom. The van der Waals surface area contributed by atoms with Crippen LogP contribution in [0.15, 0.2) is 35.3 Å². The van der Waals surface area contributed by atoms with Gasteiger partial charge < -0.3 is 19.7 Å². The fourth-order valence-electron chi connectivity index (χ4n) is 3.46. The zero-order valence-corrected chi connectivity index (χ0v) is 16.6. The van der Waals surface area contributed by atoms with Gasteiger partial charge in [-0.3, -0.25) is 4.99 Å². The molecule has 1 N–H and O–H groups in total. The minimum atomic E-state index is 0.369. The van der Waals surface area contributed by atoms with Gasteiger partial charge in [0.15, 0.2) is 5.96 Å². The Labute approximate surface area is 158 Å². The van der Waals surface area contributed by atoms with Gasteiger partial charge in [0.05, 0.1) is 6.10 Å². The number of benzene rings is 1. The van der Waals surface area contributed by atoms with Crippen LogP contribution in [0.5, 0.6) is 0 Å². The Morgan fingerprint density at radius 1 is 1.23 bits per heavy atom. The summed E-state index contributed by atoms with van der Waals surface area (Å²) in [5, 5.41) is 3.58. The minimum Gasteiger partial charge on any atom is -0.385 e. The van der Waals surface area contributed by atoms with Gasteiger partial charge in [-0.1, -0.05) is 37.3 Å². The van der Waals surface area contributed by atoms with Gasteiger partial charge in [0.1, 0.15) is 0 Å². The third-order valence-electron chi connectivity index (χ3n) is 5.07. The van der Waals surface area contributed by atoms with E-state index in [0.717, 1.165) is 64.5 Å². The van der Waals surface area contributed by atoms with Crippen LogP contribution in [0.4, 0.5) is 0 Å². The summed E-state index contributed by atoms with van der Waals surface area (Å²) in [6, 6.07) is 10.7. The lowest BCUT2D eigenvalue weighted by atomic mass is 9.96. The Hall–Kier alpha value is -1.59. The molecule has 1 saturated heterocycles. The first-order valence-corrected chi connectivity index (χ1v) is 9.89. The molecule has 1 aromatic rings. The molecule has 0 radical (unpaired) electrons. The van der Waals surface area contributed by atoms with Crippen molar-refractivity contribution in [1.82, 2.24) is 10.2 Å². The maximum atomic E-state index is 5.95. The van der Waals surface area contributed by atoms with E-state index in [9.17, 15) is 0 Å². The van der Waals surface area contributed by atoms with Crippen LogP contribution >= 0.6 is 0 Å². The minimum absolute atomic E-state index is 0.369. The summed E-state index contributed by atoms with van der Waals surface area (Å²) < 4.78 is 11.0. The molecule has 0 spiro atoms. The van der Waals surface area contributed by atoms with E-state index in [1.165, 1.54) is 5.56 Å². The highest BCUT2D eigenvalue weighted by atomic mass is 16.5. The van der Waals surface area contributed by atoms with Crippen LogP contribution in [-0.4, -0.2) is 64.0 Å². The summed E-state index contributed by atoms with van der Waals surface area (Å²) in [6.07, 6.45) is 4.57. The molecule has 2 rings (SSSR count). The standard InChI is InChI=1S/C21H35N3O2/c1-4-18(19-9-6-5-7-10-19)17-23-21(22-2)24-13-11-20(12-14-24)26-16-8-15-25-3/h5-7,9-10,18,20H,4,8,11-17H2,1-3H3,(H,22,23). The molecule has 0 amide bonds. The Bertz CT molecular complexity index is 513. The molecule has 1 heterocycles. The molecule has 0 bridgehead atoms. The van der Waals surface area contributed by atoms with Crippen molar-refractivity contribution in [2.45, 2.75) is 44.6 Å². The molecule has 0 aliphatic carbocycles. The number of piperidine rings is 1. The van der Waals surface area contributed by atoms with Crippen LogP contribution in [0.2, 0.25) is 0 Å². The maximum absolute atomic E-state index is 5.95. The van der Waals surface area contributed by atoms with Crippen LogP contribution < -0.4 is 5.32 Å². The number of likely N-dealkylation sites (tertiary alicyclic amines) is 1. The average Bonchev–Trinajstić information content (AvgIpc) is 2.70. The molecule has 1 fully saturated rings. The monoisotopic (exact) mass is 361 g/mol. The first-order chi connectivity index (χ1) is 12.8. The van der Waals surface area contributed by atoms with Gasteiger partial charge >= 0.3 is 0 Å². The smallest absolute Gasteiger partial charge is 0.193 e. The van der Waals surface area contributed by atoms with Crippen LogP contribution in [0.1, 0.15) is 44.1 Å². The third kappa shape index (κ3) is 6.61. The molecular weight excluding hydrogens is 326 g/mol. The average molecular weight is 362 g/mol. The normalized spacial score (nSPS) is 17.3. The number of ether oxygens (including phenoxy) is 2. The summed E-state index contributed by atoms with van der Waals surface area (Å²) in [5.74, 6) is 1.52. The summed E-state index contributed by atoms with van der Waals surface area (Å²) in [4.78, 5) is 6.85. The molecule has 146 valence electrons. The second-order valence-electron chi connectivity index (χ2n) is 6.85. The van der Waals surface area contributed by atoms with Crippen LogP contribution in [-0.2, 0) is 9.47 Å². The molecule has 0 aromatic heterocycles. The van der Waals surface area contributed by atoms with Crippen LogP contribution in [0.25, 0.3) is 0 Å². The lowest BCUT2D eigenvalue weighted by molar-refractivity contribution is 0.00990. The number of hydrogen-bond acceptors (Lipinski definition) is 3. The summed E-state index contributed by atoms with van der Waals surface area (Å²) in [5.41, 5.74) is 1.39. The number of nitrogens with zero attached hydrogens (tertiary/aromatic N) is 2. The highest BCUT2D eigenvalue weighted by molar-refractivity contribution is 5.80. The van der Waals surface area contributed by atoms with Crippen molar-refractivity contribution in [2.75, 3.05) is 47.0 Å². The molecule has 0 saturated carbocycles. The lowest BCUT2D eigenvalue weighted by Gasteiger charge is -2.34. The fourth-order valence-corrected chi connectivity index (χ4v) is 3.46. The molecule has 5 heteroatoms. The fraction of sp³-hybridized carbons (Fsp3) is 0.667. The molecule has 1 aliphatic rings. The highest BCUT2D eigenvalue weighted by Gasteiger charge is 2.22. The molecule has 1 aromatic carbocycles. The molecular formula is C21H35N3O2. The maximum Gasteiger partial charge on any atom is 0.193 e. The van der Waals surface area contributed by atoms with Crippen molar-refractivity contribution >= 4 is 5.96 Å². The van der Waals surface area contributed by atoms with Gasteiger partial charge in [-0.25, -0.2) is 0 Å². The number of aliphatic imine (C=N–C) groups is 1. The second-order valence-corrected chi connectivity index (χ2v) is 6.85. The van der Waals surface area contributed by atoms with E-state index in [4.69, 9.17) is 9.47 Å². The Kier molecular flexibility index (Phi) is 9.50. The van der Waals surface area contributed by atoms with Crippen molar-refractivity contribution < 1.29 is 9.47 Å². The number of rotatable bonds is 9. The number of guanidine groups is 1. The van der Waals surface area contributed by atoms with Gasteiger partial charge in [-0.05, 0) is 31.2 Å². The Morgan fingerprint density at radius 2 is 1.96 bits per heavy atom. The summed E-state index contributed by atoms with van der Waals surface area (Å²) >= 11 is 0. The van der Waals surface area contributed by atoms with Crippen LogP contribution in [0, 0.1) is 0 Å². The quantitative estimate of drug-likeness (QED) is 0.417. The van der Waals surface area contributed by atoms with Crippen molar-refractivity contribution in [2.24, 2.45) is 4.99 Å². The van der Waals surface area contributed by atoms with E-state index < -0.39 is 0 Å². The van der Waals surface area contributed by atoms with E-state index in [1.54, 1.807) is 7.11 Å². The van der Waals surface area contributed by atoms with Crippen molar-refractivity contribution in [3.05, 3.63) is 35.9 Å². The zero-order valence-electron chi connectivity index (χ0n) is 16.6. The van der Waals surface area contributed by atoms with Crippen molar-refractivity contribution in [3.63, 3.8) is 0 Å². The first kappa shape index (κ1) is 20.7. The number of hydrogen-bond donors (Lipinski definition) is 1.